The van der Waals surface area contributed by atoms with E-state index in [2.05, 4.69) is 285 Å². The number of anilines is 3. The van der Waals surface area contributed by atoms with Crippen LogP contribution in [-0.4, -0.2) is 0 Å². The molecule has 13 rings (SSSR count). The second-order valence-electron chi connectivity index (χ2n) is 24.4. The summed E-state index contributed by atoms with van der Waals surface area (Å²) in [4.78, 5) is 2.65. The Morgan fingerprint density at radius 2 is 0.922 bits per heavy atom. The zero-order chi connectivity index (χ0) is 52.8. The van der Waals surface area contributed by atoms with Crippen molar-refractivity contribution in [2.45, 2.75) is 103 Å². The van der Waals surface area contributed by atoms with E-state index in [1.54, 1.807) is 0 Å². The van der Waals surface area contributed by atoms with Crippen molar-refractivity contribution >= 4 is 27.8 Å². The van der Waals surface area contributed by atoms with Gasteiger partial charge in [-0.1, -0.05) is 253 Å². The first kappa shape index (κ1) is 48.6. The predicted molar refractivity (Wildman–Crippen MR) is 329 cm³/mol. The van der Waals surface area contributed by atoms with Gasteiger partial charge in [-0.05, 0) is 157 Å². The van der Waals surface area contributed by atoms with Crippen LogP contribution in [0.3, 0.4) is 0 Å². The fourth-order valence-electron chi connectivity index (χ4n) is 13.8. The molecule has 1 nitrogen and oxygen atoms in total. The summed E-state index contributed by atoms with van der Waals surface area (Å²) in [5.74, 6) is 0. The maximum absolute atomic E-state index is 2.65. The van der Waals surface area contributed by atoms with Gasteiger partial charge in [-0.15, -0.1) is 0 Å². The minimum absolute atomic E-state index is 0.0252. The summed E-state index contributed by atoms with van der Waals surface area (Å²) in [5.41, 5.74) is 26.4. The van der Waals surface area contributed by atoms with Crippen molar-refractivity contribution in [1.29, 1.82) is 0 Å². The molecule has 0 heterocycles. The quantitative estimate of drug-likeness (QED) is 0.147. The molecule has 77 heavy (non-hydrogen) atoms. The number of nitrogens with zero attached hydrogens (tertiary/aromatic N) is 1. The van der Waals surface area contributed by atoms with Crippen molar-refractivity contribution in [3.8, 4) is 55.6 Å². The zero-order valence-corrected chi connectivity index (χ0v) is 46.1. The van der Waals surface area contributed by atoms with E-state index in [0.717, 1.165) is 37.1 Å². The van der Waals surface area contributed by atoms with Crippen molar-refractivity contribution in [2.75, 3.05) is 4.90 Å². The van der Waals surface area contributed by atoms with Gasteiger partial charge in [0.25, 0.3) is 0 Å². The fourth-order valence-corrected chi connectivity index (χ4v) is 13.8. The van der Waals surface area contributed by atoms with Crippen molar-refractivity contribution in [2.24, 2.45) is 0 Å². The highest BCUT2D eigenvalue weighted by molar-refractivity contribution is 6.10. The van der Waals surface area contributed by atoms with Gasteiger partial charge in [-0.3, -0.25) is 0 Å². The van der Waals surface area contributed by atoms with E-state index in [1.807, 2.05) is 0 Å². The molecule has 4 aliphatic rings. The molecule has 0 saturated heterocycles. The van der Waals surface area contributed by atoms with Gasteiger partial charge in [0.2, 0.25) is 0 Å². The average molecular weight is 996 g/mol. The molecule has 9 aromatic rings. The van der Waals surface area contributed by atoms with E-state index in [9.17, 15) is 0 Å². The largest absolute Gasteiger partial charge is 0.309 e. The minimum atomic E-state index is -0.299. The molecule has 0 fully saturated rings. The summed E-state index contributed by atoms with van der Waals surface area (Å²) in [7, 11) is 0. The number of hydrogen-bond acceptors (Lipinski definition) is 1. The molecule has 0 radical (unpaired) electrons. The Hall–Kier alpha value is -8.00. The highest BCUT2D eigenvalue weighted by Crippen LogP contribution is 2.61. The first-order chi connectivity index (χ1) is 37.3. The number of fused-ring (bicyclic) bond motifs is 7. The van der Waals surface area contributed by atoms with Crippen molar-refractivity contribution < 1.29 is 0 Å². The number of para-hydroxylation sites is 2. The van der Waals surface area contributed by atoms with E-state index >= 15 is 0 Å². The maximum atomic E-state index is 2.65. The molecule has 0 spiro atoms. The number of hydrogen-bond donors (Lipinski definition) is 0. The van der Waals surface area contributed by atoms with E-state index in [-0.39, 0.29) is 21.7 Å². The van der Waals surface area contributed by atoms with Crippen LogP contribution in [0.15, 0.2) is 236 Å². The first-order valence-corrected chi connectivity index (χ1v) is 28.1. The van der Waals surface area contributed by atoms with Crippen LogP contribution in [0.1, 0.15) is 114 Å². The van der Waals surface area contributed by atoms with Gasteiger partial charge in [-0.25, -0.2) is 0 Å². The molecule has 0 bridgehead atoms. The van der Waals surface area contributed by atoms with E-state index in [0.29, 0.717) is 0 Å². The SMILES string of the molecule is CC(C)(C)c1cc(-c2cccc3cccc(-c4ccccc4N(c4ccccc4-c4cccc5c4-c4ccccc4C5(C)C4=CCCC=C4)c4cccc5c4-c4ccccc4C5(C)C4=CC=CCC4)c23)cc(C(C)(C)C)c1. The number of rotatable bonds is 8. The zero-order valence-electron chi connectivity index (χ0n) is 46.1. The molecule has 1 heteroatoms. The topological polar surface area (TPSA) is 3.24 Å². The second kappa shape index (κ2) is 18.3. The molecule has 2 atom stereocenters. The van der Waals surface area contributed by atoms with Gasteiger partial charge >= 0.3 is 0 Å². The summed E-state index contributed by atoms with van der Waals surface area (Å²) in [6, 6.07) is 72.3. The standard InChI is InChI=1S/C76H69N/c1-73(2,3)54-47-51(48-55(49-54)74(4,5)6)56-37-23-27-50-28-24-38-59(70(50)56)57-33-17-21-44-67(57)77(69-46-26-43-66-72(69)62-36-16-20-41-64(62)76(66,8)53-31-13-10-14-32-53)68-45-22-18-34-58(68)60-39-25-42-65-71(60)61-35-15-19-40-63(61)75(65,7)52-29-11-9-12-30-52/h10-11,13,15-31,33-49H,9,12,14,32H2,1-8H3. The summed E-state index contributed by atoms with van der Waals surface area (Å²) >= 11 is 0. The van der Waals surface area contributed by atoms with Crippen LogP contribution in [0.5, 0.6) is 0 Å². The van der Waals surface area contributed by atoms with Crippen LogP contribution < -0.4 is 4.90 Å². The van der Waals surface area contributed by atoms with Gasteiger partial charge in [-0.2, -0.15) is 0 Å². The van der Waals surface area contributed by atoms with Crippen LogP contribution >= 0.6 is 0 Å². The van der Waals surface area contributed by atoms with Gasteiger partial charge in [0, 0.05) is 27.5 Å². The summed E-state index contributed by atoms with van der Waals surface area (Å²) in [5, 5.41) is 2.49. The molecule has 0 N–H and O–H groups in total. The van der Waals surface area contributed by atoms with Crippen molar-refractivity contribution in [1.82, 2.24) is 0 Å². The third-order valence-corrected chi connectivity index (χ3v) is 17.9. The lowest BCUT2D eigenvalue weighted by Crippen LogP contribution is -2.24. The lowest BCUT2D eigenvalue weighted by Gasteiger charge is -2.34. The Bertz CT molecular complexity index is 3950. The Morgan fingerprint density at radius 1 is 0.416 bits per heavy atom. The summed E-state index contributed by atoms with van der Waals surface area (Å²) in [6.45, 7) is 19.0. The maximum Gasteiger partial charge on any atom is 0.0543 e. The average Bonchev–Trinajstić information content (AvgIpc) is 4.15. The molecule has 2 unspecified atom stereocenters. The normalized spacial score (nSPS) is 18.3. The molecule has 378 valence electrons. The third kappa shape index (κ3) is 7.71. The molecular weight excluding hydrogens is 927 g/mol. The molecule has 0 amide bonds. The molecular formula is C76H69N. The monoisotopic (exact) mass is 996 g/mol. The number of allylic oxidation sites excluding steroid dienone is 8. The Balaban J connectivity index is 1.11. The van der Waals surface area contributed by atoms with Crippen molar-refractivity contribution in [3.05, 3.63) is 269 Å². The van der Waals surface area contributed by atoms with E-state index in [1.165, 1.54) is 117 Å². The first-order valence-electron chi connectivity index (χ1n) is 28.1. The smallest absolute Gasteiger partial charge is 0.0543 e. The summed E-state index contributed by atoms with van der Waals surface area (Å²) < 4.78 is 0. The van der Waals surface area contributed by atoms with E-state index in [4.69, 9.17) is 0 Å². The highest BCUT2D eigenvalue weighted by Gasteiger charge is 2.45. The predicted octanol–water partition coefficient (Wildman–Crippen LogP) is 21.0. The minimum Gasteiger partial charge on any atom is -0.309 e. The molecule has 0 aliphatic heterocycles. The van der Waals surface area contributed by atoms with Crippen LogP contribution in [0.25, 0.3) is 66.4 Å². The Morgan fingerprint density at radius 3 is 1.55 bits per heavy atom. The lowest BCUT2D eigenvalue weighted by atomic mass is 9.71. The second-order valence-corrected chi connectivity index (χ2v) is 24.4. The fraction of sp³-hybridized carbons (Fsp3) is 0.211. The van der Waals surface area contributed by atoms with Crippen LogP contribution in [0.2, 0.25) is 0 Å². The summed E-state index contributed by atoms with van der Waals surface area (Å²) in [6.07, 6.45) is 18.4. The number of benzene rings is 9. The lowest BCUT2D eigenvalue weighted by molar-refractivity contribution is 0.569. The molecule has 4 aliphatic carbocycles. The van der Waals surface area contributed by atoms with Crippen LogP contribution in [0, 0.1) is 0 Å². The third-order valence-electron chi connectivity index (χ3n) is 17.9. The molecule has 9 aromatic carbocycles. The van der Waals surface area contributed by atoms with Gasteiger partial charge in [0.15, 0.2) is 0 Å². The van der Waals surface area contributed by atoms with Crippen LogP contribution in [-0.2, 0) is 21.7 Å². The Labute approximate surface area is 457 Å². The molecule has 0 saturated carbocycles. The van der Waals surface area contributed by atoms with E-state index < -0.39 is 0 Å². The molecule has 0 aromatic heterocycles. The van der Waals surface area contributed by atoms with Gasteiger partial charge in [0.1, 0.15) is 0 Å². The Kier molecular flexibility index (Phi) is 11.6. The van der Waals surface area contributed by atoms with Crippen molar-refractivity contribution in [3.63, 3.8) is 0 Å². The van der Waals surface area contributed by atoms with Crippen LogP contribution in [0.4, 0.5) is 17.1 Å². The van der Waals surface area contributed by atoms with Gasteiger partial charge < -0.3 is 4.90 Å². The van der Waals surface area contributed by atoms with Gasteiger partial charge in [0.05, 0.1) is 17.1 Å². The highest BCUT2D eigenvalue weighted by atomic mass is 15.2.